The second-order valence-corrected chi connectivity index (χ2v) is 9.04. The van der Waals surface area contributed by atoms with Gasteiger partial charge in [-0.1, -0.05) is 59.9 Å². The van der Waals surface area contributed by atoms with Crippen LogP contribution in [0.15, 0.2) is 87.1 Å². The fourth-order valence-electron chi connectivity index (χ4n) is 2.54. The average Bonchev–Trinajstić information content (AvgIpc) is 3.41. The molecule has 9 heteroatoms. The monoisotopic (exact) mass is 439 g/mol. The fourth-order valence-corrected chi connectivity index (χ4v) is 4.83. The lowest BCUT2D eigenvalue weighted by Crippen LogP contribution is -2.15. The summed E-state index contributed by atoms with van der Waals surface area (Å²) in [4.78, 5) is 15.8. The predicted octanol–water partition coefficient (Wildman–Crippen LogP) is 4.66. The maximum Gasteiger partial charge on any atom is 0.234 e. The van der Waals surface area contributed by atoms with E-state index in [4.69, 9.17) is 0 Å². The molecule has 0 fully saturated rings. The van der Waals surface area contributed by atoms with Gasteiger partial charge in [-0.3, -0.25) is 4.79 Å². The SMILES string of the molecule is O=C(CSc1nnnn1Cc1cccs1)Nc1ccccc1Sc1ccccc1. The highest BCUT2D eigenvalue weighted by molar-refractivity contribution is 8.00. The molecule has 0 aliphatic carbocycles. The summed E-state index contributed by atoms with van der Waals surface area (Å²) in [6.45, 7) is 0.602. The van der Waals surface area contributed by atoms with Crippen LogP contribution >= 0.6 is 34.9 Å². The van der Waals surface area contributed by atoms with Gasteiger partial charge in [-0.15, -0.1) is 16.4 Å². The maximum absolute atomic E-state index is 12.5. The van der Waals surface area contributed by atoms with E-state index in [0.717, 1.165) is 20.4 Å². The summed E-state index contributed by atoms with van der Waals surface area (Å²) >= 11 is 4.60. The molecule has 0 aliphatic rings. The Morgan fingerprint density at radius 1 is 1.03 bits per heavy atom. The van der Waals surface area contributed by atoms with Crippen LogP contribution in [0.25, 0.3) is 0 Å². The fraction of sp³-hybridized carbons (Fsp3) is 0.100. The lowest BCUT2D eigenvalue weighted by molar-refractivity contribution is -0.113. The van der Waals surface area contributed by atoms with E-state index in [1.54, 1.807) is 27.8 Å². The summed E-state index contributed by atoms with van der Waals surface area (Å²) in [6, 6.07) is 21.9. The molecule has 1 N–H and O–H groups in total. The molecule has 0 saturated carbocycles. The van der Waals surface area contributed by atoms with E-state index in [1.165, 1.54) is 11.8 Å². The van der Waals surface area contributed by atoms with Gasteiger partial charge in [0.1, 0.15) is 0 Å². The number of nitrogens with one attached hydrogen (secondary N) is 1. The van der Waals surface area contributed by atoms with Gasteiger partial charge in [0, 0.05) is 14.7 Å². The molecule has 1 amide bonds. The zero-order valence-corrected chi connectivity index (χ0v) is 17.7. The summed E-state index contributed by atoms with van der Waals surface area (Å²) in [5.41, 5.74) is 0.796. The molecule has 6 nitrogen and oxygen atoms in total. The van der Waals surface area contributed by atoms with E-state index >= 15 is 0 Å². The van der Waals surface area contributed by atoms with Crippen LogP contribution in [0.3, 0.4) is 0 Å². The zero-order chi connectivity index (χ0) is 19.9. The molecule has 146 valence electrons. The number of nitrogens with zero attached hydrogens (tertiary/aromatic N) is 4. The van der Waals surface area contributed by atoms with Crippen LogP contribution in [-0.2, 0) is 11.3 Å². The van der Waals surface area contributed by atoms with Crippen molar-refractivity contribution in [1.82, 2.24) is 20.2 Å². The van der Waals surface area contributed by atoms with Crippen molar-refractivity contribution < 1.29 is 4.79 Å². The zero-order valence-electron chi connectivity index (χ0n) is 15.3. The molecular formula is C20H17N5OS3. The Balaban J connectivity index is 1.37. The molecule has 0 saturated heterocycles. The van der Waals surface area contributed by atoms with Gasteiger partial charge in [-0.25, -0.2) is 4.68 Å². The number of rotatable bonds is 8. The molecule has 2 heterocycles. The first-order chi connectivity index (χ1) is 14.3. The Bertz CT molecular complexity index is 1070. The summed E-state index contributed by atoms with van der Waals surface area (Å²) in [6.07, 6.45) is 0. The number of thiophene rings is 1. The van der Waals surface area contributed by atoms with Crippen molar-refractivity contribution in [2.75, 3.05) is 11.1 Å². The molecule has 0 atom stereocenters. The molecule has 2 aromatic carbocycles. The first-order valence-electron chi connectivity index (χ1n) is 8.81. The molecule has 0 spiro atoms. The van der Waals surface area contributed by atoms with Crippen LogP contribution in [-0.4, -0.2) is 31.9 Å². The van der Waals surface area contributed by atoms with E-state index in [0.29, 0.717) is 11.7 Å². The third-order valence-electron chi connectivity index (χ3n) is 3.85. The van der Waals surface area contributed by atoms with Crippen LogP contribution in [0.2, 0.25) is 0 Å². The van der Waals surface area contributed by atoms with Crippen molar-refractivity contribution in [3.63, 3.8) is 0 Å². The van der Waals surface area contributed by atoms with E-state index in [1.807, 2.05) is 72.1 Å². The predicted molar refractivity (Wildman–Crippen MR) is 118 cm³/mol. The van der Waals surface area contributed by atoms with Crippen LogP contribution in [0.1, 0.15) is 4.88 Å². The van der Waals surface area contributed by atoms with Crippen LogP contribution < -0.4 is 5.32 Å². The normalized spacial score (nSPS) is 10.8. The average molecular weight is 440 g/mol. The molecule has 29 heavy (non-hydrogen) atoms. The van der Waals surface area contributed by atoms with Crippen molar-refractivity contribution in [2.45, 2.75) is 21.5 Å². The van der Waals surface area contributed by atoms with E-state index < -0.39 is 0 Å². The molecule has 2 aromatic heterocycles. The largest absolute Gasteiger partial charge is 0.324 e. The Labute approximate surface area is 180 Å². The number of tetrazole rings is 1. The Kier molecular flexibility index (Phi) is 6.60. The Morgan fingerprint density at radius 2 is 1.86 bits per heavy atom. The van der Waals surface area contributed by atoms with Gasteiger partial charge in [0.25, 0.3) is 0 Å². The molecule has 0 radical (unpaired) electrons. The van der Waals surface area contributed by atoms with Crippen LogP contribution in [0.5, 0.6) is 0 Å². The maximum atomic E-state index is 12.5. The topological polar surface area (TPSA) is 72.7 Å². The highest BCUT2D eigenvalue weighted by atomic mass is 32.2. The summed E-state index contributed by atoms with van der Waals surface area (Å²) in [7, 11) is 0. The highest BCUT2D eigenvalue weighted by Crippen LogP contribution is 2.33. The summed E-state index contributed by atoms with van der Waals surface area (Å²) in [5, 5.41) is 17.4. The number of para-hydroxylation sites is 1. The number of carbonyl (C=O) groups is 1. The van der Waals surface area contributed by atoms with Gasteiger partial charge in [-0.2, -0.15) is 0 Å². The quantitative estimate of drug-likeness (QED) is 0.403. The number of thioether (sulfide) groups is 1. The second-order valence-electron chi connectivity index (χ2n) is 5.95. The van der Waals surface area contributed by atoms with Gasteiger partial charge >= 0.3 is 0 Å². The van der Waals surface area contributed by atoms with Gasteiger partial charge < -0.3 is 5.32 Å². The molecule has 4 rings (SSSR count). The first-order valence-corrected chi connectivity index (χ1v) is 11.5. The third kappa shape index (κ3) is 5.47. The van der Waals surface area contributed by atoms with Crippen molar-refractivity contribution in [1.29, 1.82) is 0 Å². The molecular weight excluding hydrogens is 422 g/mol. The number of amides is 1. The van der Waals surface area contributed by atoms with E-state index in [2.05, 4.69) is 20.8 Å². The van der Waals surface area contributed by atoms with Crippen molar-refractivity contribution in [3.05, 3.63) is 77.0 Å². The summed E-state index contributed by atoms with van der Waals surface area (Å²) in [5.74, 6) is 0.136. The van der Waals surface area contributed by atoms with Crippen LogP contribution in [0, 0.1) is 0 Å². The minimum Gasteiger partial charge on any atom is -0.324 e. The standard InChI is InChI=1S/C20H17N5OS3/c26-19(14-28-20-22-23-24-25(20)13-16-9-6-12-27-16)21-17-10-4-5-11-18(17)29-15-7-2-1-3-8-15/h1-12H,13-14H2,(H,21,26). The van der Waals surface area contributed by atoms with E-state index in [-0.39, 0.29) is 11.7 Å². The Hall–Kier alpha value is -2.62. The molecule has 0 aliphatic heterocycles. The van der Waals surface area contributed by atoms with Crippen molar-refractivity contribution in [2.24, 2.45) is 0 Å². The number of benzene rings is 2. The lowest BCUT2D eigenvalue weighted by atomic mass is 10.3. The Morgan fingerprint density at radius 3 is 2.69 bits per heavy atom. The molecule has 4 aromatic rings. The number of aromatic nitrogens is 4. The number of carbonyl (C=O) groups excluding carboxylic acids is 1. The molecule has 0 unspecified atom stereocenters. The first kappa shape index (κ1) is 19.7. The third-order valence-corrected chi connectivity index (χ3v) is 6.75. The van der Waals surface area contributed by atoms with Crippen molar-refractivity contribution in [3.8, 4) is 0 Å². The number of anilines is 1. The minimum absolute atomic E-state index is 0.0956. The minimum atomic E-state index is -0.0956. The number of hydrogen-bond donors (Lipinski definition) is 1. The smallest absolute Gasteiger partial charge is 0.234 e. The van der Waals surface area contributed by atoms with Crippen LogP contribution in [0.4, 0.5) is 5.69 Å². The molecule has 0 bridgehead atoms. The highest BCUT2D eigenvalue weighted by Gasteiger charge is 2.12. The van der Waals surface area contributed by atoms with Gasteiger partial charge in [0.05, 0.1) is 18.0 Å². The number of hydrogen-bond acceptors (Lipinski definition) is 7. The van der Waals surface area contributed by atoms with E-state index in [9.17, 15) is 4.79 Å². The van der Waals surface area contributed by atoms with Gasteiger partial charge in [-0.05, 0) is 46.1 Å². The van der Waals surface area contributed by atoms with Gasteiger partial charge in [0.15, 0.2) is 0 Å². The van der Waals surface area contributed by atoms with Gasteiger partial charge in [0.2, 0.25) is 11.1 Å². The second kappa shape index (κ2) is 9.73. The summed E-state index contributed by atoms with van der Waals surface area (Å²) < 4.78 is 1.71. The van der Waals surface area contributed by atoms with Crippen molar-refractivity contribution >= 4 is 46.5 Å². The lowest BCUT2D eigenvalue weighted by Gasteiger charge is -2.10.